The van der Waals surface area contributed by atoms with Crippen LogP contribution < -0.4 is 29.6 Å². The Bertz CT molecular complexity index is 1560. The number of nitrogens with zero attached hydrogens (tertiary/aromatic N) is 4. The molecule has 4 aromatic carbocycles. The van der Waals surface area contributed by atoms with Crippen molar-refractivity contribution in [3.63, 3.8) is 0 Å². The van der Waals surface area contributed by atoms with Crippen LogP contribution in [0.1, 0.15) is 31.8 Å². The first-order valence-electron chi connectivity index (χ1n) is 11.4. The van der Waals surface area contributed by atoms with Crippen molar-refractivity contribution in [2.24, 2.45) is 20.5 Å². The topological polar surface area (TPSA) is 205 Å². The summed E-state index contributed by atoms with van der Waals surface area (Å²) in [5.74, 6) is -4.60. The molecule has 41 heavy (non-hydrogen) atoms. The molecule has 0 fully saturated rings. The van der Waals surface area contributed by atoms with Crippen LogP contribution in [-0.4, -0.2) is 42.6 Å². The summed E-state index contributed by atoms with van der Waals surface area (Å²) in [6.07, 6.45) is 3.67. The number of hydrogen-bond donors (Lipinski definition) is 6. The van der Waals surface area contributed by atoms with Crippen molar-refractivity contribution in [2.75, 3.05) is 0 Å². The normalized spacial score (nSPS) is 11.2. The number of azo groups is 2. The molecule has 0 amide bonds. The molecule has 4 aromatic rings. The smallest absolute Gasteiger partial charge is 0.508 e. The summed E-state index contributed by atoms with van der Waals surface area (Å²) >= 11 is 0. The first-order valence-corrected chi connectivity index (χ1v) is 11.4. The molecule has 0 saturated carbocycles. The van der Waals surface area contributed by atoms with Gasteiger partial charge in [0.05, 0.1) is 22.5 Å². The number of carbonyl (C=O) groups is 2. The van der Waals surface area contributed by atoms with E-state index in [2.05, 4.69) is 20.5 Å². The quantitative estimate of drug-likeness (QED) is 0.105. The summed E-state index contributed by atoms with van der Waals surface area (Å²) in [5.41, 5.74) is 1.12. The second-order valence-corrected chi connectivity index (χ2v) is 8.25. The molecule has 0 bridgehead atoms. The van der Waals surface area contributed by atoms with Crippen LogP contribution in [0.3, 0.4) is 0 Å². The van der Waals surface area contributed by atoms with E-state index in [0.29, 0.717) is 11.4 Å². The summed E-state index contributed by atoms with van der Waals surface area (Å²) in [6.45, 7) is 0. The predicted molar refractivity (Wildman–Crippen MR) is 144 cm³/mol. The molecular weight excluding hydrogens is 543 g/mol. The van der Waals surface area contributed by atoms with Crippen LogP contribution >= 0.6 is 0 Å². The third kappa shape index (κ3) is 7.76. The van der Waals surface area contributed by atoms with Crippen LogP contribution in [0.2, 0.25) is 0 Å². The van der Waals surface area contributed by atoms with Crippen LogP contribution in [0.4, 0.5) is 22.7 Å². The molecule has 0 radical (unpaired) electrons. The molecule has 0 spiro atoms. The van der Waals surface area contributed by atoms with Crippen LogP contribution in [0, 0.1) is 0 Å². The molecule has 6 N–H and O–H groups in total. The number of carboxylic acid groups (broad SMARTS) is 2. The van der Waals surface area contributed by atoms with Crippen LogP contribution in [-0.2, 0) is 0 Å². The Morgan fingerprint density at radius 2 is 0.878 bits per heavy atom. The zero-order valence-electron chi connectivity index (χ0n) is 21.4. The molecule has 200 valence electrons. The van der Waals surface area contributed by atoms with Crippen molar-refractivity contribution in [2.45, 2.75) is 0 Å². The Kier molecular flexibility index (Phi) is 9.93. The standard InChI is InChI=1S/C28H20N4O8.Na/c33-19-11-21(27(37)38)25(23(35)13-19)31-29-17-7-3-15(4-8-17)1-2-16-5-9-18(10-6-16)30-32-26-22(28(39)40)12-20(34)14-24(26)36;/h1-14,33-36H,(H,37,38)(H,39,40);/q;+1/b2-1+,31-29?,32-30?;. The van der Waals surface area contributed by atoms with Crippen molar-refractivity contribution in [3.8, 4) is 23.0 Å². The van der Waals surface area contributed by atoms with E-state index in [9.17, 15) is 40.2 Å². The molecule has 4 rings (SSSR count). The maximum atomic E-state index is 11.4. The van der Waals surface area contributed by atoms with Gasteiger partial charge in [0.25, 0.3) is 0 Å². The molecule has 13 heteroatoms. The van der Waals surface area contributed by atoms with Gasteiger partial charge in [0.2, 0.25) is 0 Å². The number of aromatic carboxylic acids is 2. The minimum atomic E-state index is -1.37. The van der Waals surface area contributed by atoms with Crippen molar-refractivity contribution in [1.29, 1.82) is 0 Å². The Labute approximate surface area is 254 Å². The van der Waals surface area contributed by atoms with E-state index >= 15 is 0 Å². The maximum Gasteiger partial charge on any atom is 1.00 e. The third-order valence-corrected chi connectivity index (χ3v) is 5.40. The molecule has 12 nitrogen and oxygen atoms in total. The predicted octanol–water partition coefficient (Wildman–Crippen LogP) is 3.91. The second-order valence-electron chi connectivity index (χ2n) is 8.25. The zero-order valence-corrected chi connectivity index (χ0v) is 23.4. The fourth-order valence-corrected chi connectivity index (χ4v) is 3.46. The van der Waals surface area contributed by atoms with Crippen molar-refractivity contribution in [3.05, 3.63) is 95.1 Å². The van der Waals surface area contributed by atoms with Gasteiger partial charge in [-0.3, -0.25) is 0 Å². The van der Waals surface area contributed by atoms with Crippen LogP contribution in [0.5, 0.6) is 23.0 Å². The zero-order chi connectivity index (χ0) is 28.8. The van der Waals surface area contributed by atoms with Gasteiger partial charge in [-0.15, -0.1) is 10.2 Å². The van der Waals surface area contributed by atoms with Gasteiger partial charge in [-0.1, -0.05) is 36.4 Å². The molecular formula is C28H20N4NaO8+. The summed E-state index contributed by atoms with van der Waals surface area (Å²) in [6, 6.07) is 17.5. The first-order chi connectivity index (χ1) is 19.1. The van der Waals surface area contributed by atoms with E-state index in [4.69, 9.17) is 0 Å². The third-order valence-electron chi connectivity index (χ3n) is 5.40. The van der Waals surface area contributed by atoms with Gasteiger partial charge in [0.1, 0.15) is 34.4 Å². The maximum absolute atomic E-state index is 11.4. The average molecular weight is 563 g/mol. The first kappa shape index (κ1) is 30.5. The van der Waals surface area contributed by atoms with E-state index in [-0.39, 0.29) is 40.9 Å². The largest absolute Gasteiger partial charge is 1.00 e. The summed E-state index contributed by atoms with van der Waals surface area (Å²) in [4.78, 5) is 22.7. The molecule has 0 unspecified atom stereocenters. The van der Waals surface area contributed by atoms with Crippen molar-refractivity contribution in [1.82, 2.24) is 0 Å². The van der Waals surface area contributed by atoms with Gasteiger partial charge in [-0.2, -0.15) is 10.2 Å². The van der Waals surface area contributed by atoms with E-state index in [1.54, 1.807) is 48.5 Å². The SMILES string of the molecule is O=C(O)c1cc(O)cc(O)c1N=Nc1ccc(/C=C/c2ccc(N=Nc3c(O)cc(O)cc3C(=O)O)cc2)cc1.[Na+]. The van der Waals surface area contributed by atoms with Crippen LogP contribution in [0.15, 0.2) is 93.3 Å². The second kappa shape index (κ2) is 13.3. The number of phenolic OH excluding ortho intramolecular Hbond substituents is 4. The number of benzene rings is 4. The van der Waals surface area contributed by atoms with Crippen molar-refractivity contribution >= 4 is 46.8 Å². The minimum Gasteiger partial charge on any atom is -0.508 e. The van der Waals surface area contributed by atoms with Gasteiger partial charge in [-0.25, -0.2) is 9.59 Å². The Hall–Kier alpha value is -5.04. The molecule has 0 aliphatic carbocycles. The van der Waals surface area contributed by atoms with E-state index in [0.717, 1.165) is 35.4 Å². The number of hydrogen-bond acceptors (Lipinski definition) is 10. The Balaban J connectivity index is 0.00000462. The molecule has 0 saturated heterocycles. The van der Waals surface area contributed by atoms with Gasteiger partial charge < -0.3 is 30.6 Å². The number of aromatic hydroxyl groups is 4. The minimum absolute atomic E-state index is 0. The fraction of sp³-hybridized carbons (Fsp3) is 0. The van der Waals surface area contributed by atoms with Gasteiger partial charge in [-0.05, 0) is 47.5 Å². The summed E-state index contributed by atoms with van der Waals surface area (Å²) in [7, 11) is 0. The Morgan fingerprint density at radius 1 is 0.537 bits per heavy atom. The van der Waals surface area contributed by atoms with Gasteiger partial charge in [0, 0.05) is 12.1 Å². The molecule has 0 aromatic heterocycles. The molecule has 0 heterocycles. The average Bonchev–Trinajstić information content (AvgIpc) is 2.91. The van der Waals surface area contributed by atoms with Crippen molar-refractivity contribution < 1.29 is 69.8 Å². The van der Waals surface area contributed by atoms with Gasteiger partial charge >= 0.3 is 41.5 Å². The number of phenols is 4. The van der Waals surface area contributed by atoms with E-state index < -0.39 is 46.1 Å². The molecule has 0 atom stereocenters. The fourth-order valence-electron chi connectivity index (χ4n) is 3.46. The number of carboxylic acids is 2. The monoisotopic (exact) mass is 563 g/mol. The van der Waals surface area contributed by atoms with E-state index in [1.165, 1.54) is 0 Å². The number of rotatable bonds is 8. The molecule has 0 aliphatic rings. The van der Waals surface area contributed by atoms with E-state index in [1.807, 2.05) is 12.2 Å². The van der Waals surface area contributed by atoms with Crippen LogP contribution in [0.25, 0.3) is 12.2 Å². The van der Waals surface area contributed by atoms with Gasteiger partial charge in [0.15, 0.2) is 0 Å². The summed E-state index contributed by atoms with van der Waals surface area (Å²) < 4.78 is 0. The Morgan fingerprint density at radius 3 is 1.20 bits per heavy atom. The summed E-state index contributed by atoms with van der Waals surface area (Å²) in [5, 5.41) is 72.9. The molecule has 0 aliphatic heterocycles.